The first-order chi connectivity index (χ1) is 10.6. The quantitative estimate of drug-likeness (QED) is 0.920. The van der Waals surface area contributed by atoms with E-state index in [-0.39, 0.29) is 0 Å². The van der Waals surface area contributed by atoms with Crippen molar-refractivity contribution in [3.05, 3.63) is 11.4 Å². The fraction of sp³-hybridized carbons (Fsp3) is 0.778. The third-order valence-electron chi connectivity index (χ3n) is 5.17. The summed E-state index contributed by atoms with van der Waals surface area (Å²) in [6, 6.07) is 0.646. The number of hydrogen-bond donors (Lipinski definition) is 1. The molecular formula is C18H28N4. The maximum atomic E-state index is 4.99. The highest BCUT2D eigenvalue weighted by molar-refractivity contribution is 5.60. The second-order valence-corrected chi connectivity index (χ2v) is 7.92. The van der Waals surface area contributed by atoms with Crippen molar-refractivity contribution in [3.8, 4) is 0 Å². The Kier molecular flexibility index (Phi) is 3.50. The van der Waals surface area contributed by atoms with Crippen LogP contribution in [-0.4, -0.2) is 29.1 Å². The van der Waals surface area contributed by atoms with Crippen molar-refractivity contribution < 1.29 is 0 Å². The van der Waals surface area contributed by atoms with Crippen molar-refractivity contribution in [3.63, 3.8) is 0 Å². The number of rotatable bonds is 4. The van der Waals surface area contributed by atoms with Crippen LogP contribution >= 0.6 is 0 Å². The average Bonchev–Trinajstić information content (AvgIpc) is 3.34. The van der Waals surface area contributed by atoms with Crippen LogP contribution in [0.3, 0.4) is 0 Å². The van der Waals surface area contributed by atoms with Crippen LogP contribution in [0.2, 0.25) is 0 Å². The molecule has 1 aromatic rings. The Hall–Kier alpha value is -1.32. The van der Waals surface area contributed by atoms with Crippen LogP contribution in [0.1, 0.15) is 63.3 Å². The molecule has 4 nitrogen and oxygen atoms in total. The summed E-state index contributed by atoms with van der Waals surface area (Å²) in [6.07, 6.45) is 6.43. The van der Waals surface area contributed by atoms with E-state index in [1.165, 1.54) is 43.5 Å². The minimum atomic E-state index is 0.610. The van der Waals surface area contributed by atoms with E-state index in [1.54, 1.807) is 0 Å². The molecule has 3 fully saturated rings. The number of anilines is 2. The van der Waals surface area contributed by atoms with Crippen LogP contribution < -0.4 is 10.2 Å². The second-order valence-electron chi connectivity index (χ2n) is 7.92. The number of piperidine rings is 1. The van der Waals surface area contributed by atoms with Crippen LogP contribution in [0.15, 0.2) is 0 Å². The summed E-state index contributed by atoms with van der Waals surface area (Å²) in [5, 5.41) is 3.63. The van der Waals surface area contributed by atoms with Crippen molar-refractivity contribution in [2.24, 2.45) is 11.8 Å². The fourth-order valence-electron chi connectivity index (χ4n) is 3.75. The number of nitrogens with zero attached hydrogens (tertiary/aromatic N) is 3. The van der Waals surface area contributed by atoms with E-state index in [0.717, 1.165) is 36.6 Å². The predicted molar refractivity (Wildman–Crippen MR) is 90.5 cm³/mol. The highest BCUT2D eigenvalue weighted by Crippen LogP contribution is 2.41. The van der Waals surface area contributed by atoms with E-state index in [9.17, 15) is 0 Å². The molecule has 0 amide bonds. The first kappa shape index (κ1) is 14.3. The SMILES string of the molecule is Cc1c(NC2CC2)nc(C2CC2)nc1N1CC(C)CC(C)C1. The molecule has 4 heteroatoms. The monoisotopic (exact) mass is 300 g/mol. The normalized spacial score (nSPS) is 28.8. The summed E-state index contributed by atoms with van der Waals surface area (Å²) in [6.45, 7) is 9.19. The Morgan fingerprint density at radius 1 is 1.00 bits per heavy atom. The highest BCUT2D eigenvalue weighted by atomic mass is 15.2. The van der Waals surface area contributed by atoms with E-state index >= 15 is 0 Å². The van der Waals surface area contributed by atoms with Crippen molar-refractivity contribution >= 4 is 11.6 Å². The molecule has 120 valence electrons. The van der Waals surface area contributed by atoms with Crippen LogP contribution in [0.25, 0.3) is 0 Å². The van der Waals surface area contributed by atoms with Crippen LogP contribution in [0, 0.1) is 18.8 Å². The molecule has 0 bridgehead atoms. The lowest BCUT2D eigenvalue weighted by Crippen LogP contribution is -2.40. The number of hydrogen-bond acceptors (Lipinski definition) is 4. The summed E-state index contributed by atoms with van der Waals surface area (Å²) >= 11 is 0. The molecule has 1 N–H and O–H groups in total. The second kappa shape index (κ2) is 5.39. The topological polar surface area (TPSA) is 41.1 Å². The van der Waals surface area contributed by atoms with Gasteiger partial charge in [-0.2, -0.15) is 0 Å². The van der Waals surface area contributed by atoms with Gasteiger partial charge in [0.15, 0.2) is 0 Å². The van der Waals surface area contributed by atoms with Gasteiger partial charge in [0.05, 0.1) is 0 Å². The third kappa shape index (κ3) is 2.92. The summed E-state index contributed by atoms with van der Waals surface area (Å²) in [4.78, 5) is 12.4. The van der Waals surface area contributed by atoms with Crippen molar-refractivity contribution in [2.75, 3.05) is 23.3 Å². The zero-order valence-electron chi connectivity index (χ0n) is 14.1. The Morgan fingerprint density at radius 3 is 2.27 bits per heavy atom. The van der Waals surface area contributed by atoms with Crippen LogP contribution in [0.4, 0.5) is 11.6 Å². The summed E-state index contributed by atoms with van der Waals surface area (Å²) in [5.41, 5.74) is 1.25. The maximum absolute atomic E-state index is 4.99. The molecule has 2 atom stereocenters. The molecule has 0 aromatic carbocycles. The van der Waals surface area contributed by atoms with Gasteiger partial charge in [-0.3, -0.25) is 0 Å². The van der Waals surface area contributed by atoms with Crippen molar-refractivity contribution in [2.45, 2.75) is 64.8 Å². The van der Waals surface area contributed by atoms with Crippen LogP contribution in [-0.2, 0) is 0 Å². The van der Waals surface area contributed by atoms with Gasteiger partial charge in [0, 0.05) is 30.6 Å². The van der Waals surface area contributed by atoms with E-state index in [4.69, 9.17) is 9.97 Å². The van der Waals surface area contributed by atoms with Gasteiger partial charge in [0.25, 0.3) is 0 Å². The molecule has 4 rings (SSSR count). The van der Waals surface area contributed by atoms with Gasteiger partial charge in [0.1, 0.15) is 17.5 Å². The molecule has 0 radical (unpaired) electrons. The van der Waals surface area contributed by atoms with E-state index in [0.29, 0.717) is 12.0 Å². The lowest BCUT2D eigenvalue weighted by atomic mass is 9.92. The molecular weight excluding hydrogens is 272 g/mol. The molecule has 3 aliphatic rings. The summed E-state index contributed by atoms with van der Waals surface area (Å²) in [7, 11) is 0. The van der Waals surface area contributed by atoms with E-state index < -0.39 is 0 Å². The van der Waals surface area contributed by atoms with Gasteiger partial charge in [-0.1, -0.05) is 13.8 Å². The van der Waals surface area contributed by atoms with E-state index in [1.807, 2.05) is 0 Å². The minimum Gasteiger partial charge on any atom is -0.367 e. The average molecular weight is 300 g/mol. The van der Waals surface area contributed by atoms with Crippen molar-refractivity contribution in [1.82, 2.24) is 9.97 Å². The van der Waals surface area contributed by atoms with Crippen LogP contribution in [0.5, 0.6) is 0 Å². The largest absolute Gasteiger partial charge is 0.367 e. The lowest BCUT2D eigenvalue weighted by molar-refractivity contribution is 0.355. The molecule has 22 heavy (non-hydrogen) atoms. The maximum Gasteiger partial charge on any atom is 0.137 e. The molecule has 2 heterocycles. The third-order valence-corrected chi connectivity index (χ3v) is 5.17. The number of nitrogens with one attached hydrogen (secondary N) is 1. The molecule has 1 saturated heterocycles. The first-order valence-electron chi connectivity index (χ1n) is 9.00. The minimum absolute atomic E-state index is 0.610. The Labute approximate surface area is 133 Å². The molecule has 2 saturated carbocycles. The molecule has 1 aromatic heterocycles. The highest BCUT2D eigenvalue weighted by Gasteiger charge is 2.32. The summed E-state index contributed by atoms with van der Waals surface area (Å²) < 4.78 is 0. The summed E-state index contributed by atoms with van der Waals surface area (Å²) in [5.74, 6) is 5.48. The number of aromatic nitrogens is 2. The Bertz CT molecular complexity index is 552. The lowest BCUT2D eigenvalue weighted by Gasteiger charge is -2.37. The molecule has 2 aliphatic carbocycles. The van der Waals surface area contributed by atoms with Gasteiger partial charge in [-0.25, -0.2) is 9.97 Å². The van der Waals surface area contributed by atoms with Crippen molar-refractivity contribution in [1.29, 1.82) is 0 Å². The zero-order chi connectivity index (χ0) is 15.3. The van der Waals surface area contributed by atoms with Gasteiger partial charge in [-0.05, 0) is 50.9 Å². The van der Waals surface area contributed by atoms with Gasteiger partial charge in [0.2, 0.25) is 0 Å². The van der Waals surface area contributed by atoms with Gasteiger partial charge in [-0.15, -0.1) is 0 Å². The smallest absolute Gasteiger partial charge is 0.137 e. The predicted octanol–water partition coefficient (Wildman–Crippen LogP) is 3.72. The first-order valence-corrected chi connectivity index (χ1v) is 9.00. The van der Waals surface area contributed by atoms with E-state index in [2.05, 4.69) is 31.0 Å². The molecule has 2 unspecified atom stereocenters. The zero-order valence-corrected chi connectivity index (χ0v) is 14.1. The molecule has 1 aliphatic heterocycles. The fourth-order valence-corrected chi connectivity index (χ4v) is 3.75. The Balaban J connectivity index is 1.68. The van der Waals surface area contributed by atoms with Gasteiger partial charge >= 0.3 is 0 Å². The standard InChI is InChI=1S/C18H28N4/c1-11-8-12(2)10-22(9-11)18-13(3)16(19-15-6-7-15)20-17(21-18)14-4-5-14/h11-12,14-15H,4-10H2,1-3H3,(H,19,20,21). The van der Waals surface area contributed by atoms with Gasteiger partial charge < -0.3 is 10.2 Å². The Morgan fingerprint density at radius 2 is 1.68 bits per heavy atom. The molecule has 0 spiro atoms.